The van der Waals surface area contributed by atoms with E-state index in [4.69, 9.17) is 0 Å². The van der Waals surface area contributed by atoms with Gasteiger partial charge >= 0.3 is 0 Å². The van der Waals surface area contributed by atoms with E-state index >= 15 is 0 Å². The van der Waals surface area contributed by atoms with Crippen LogP contribution in [0, 0.1) is 0 Å². The molecule has 2 N–H and O–H groups in total. The predicted molar refractivity (Wildman–Crippen MR) is 89.4 cm³/mol. The smallest absolute Gasteiger partial charge is 0.268 e. The van der Waals surface area contributed by atoms with Gasteiger partial charge < -0.3 is 15.3 Å². The summed E-state index contributed by atoms with van der Waals surface area (Å²) in [4.78, 5) is 27.4. The number of carbonyl (C=O) groups is 2. The van der Waals surface area contributed by atoms with Gasteiger partial charge in [-0.1, -0.05) is 24.3 Å². The number of para-hydroxylation sites is 1. The second kappa shape index (κ2) is 6.52. The molecule has 1 saturated heterocycles. The van der Waals surface area contributed by atoms with E-state index in [2.05, 4.69) is 5.32 Å². The molecular formula is C17H18N2O3S. The zero-order chi connectivity index (χ0) is 16.3. The maximum atomic E-state index is 12.5. The van der Waals surface area contributed by atoms with Gasteiger partial charge in [0.25, 0.3) is 11.8 Å². The van der Waals surface area contributed by atoms with Gasteiger partial charge in [-0.25, -0.2) is 0 Å². The van der Waals surface area contributed by atoms with Crippen molar-refractivity contribution in [1.29, 1.82) is 0 Å². The molecule has 2 amide bonds. The topological polar surface area (TPSA) is 69.6 Å². The monoisotopic (exact) mass is 330 g/mol. The van der Waals surface area contributed by atoms with Crippen LogP contribution in [0.25, 0.3) is 0 Å². The molecule has 1 aromatic heterocycles. The van der Waals surface area contributed by atoms with Crippen molar-refractivity contribution in [2.24, 2.45) is 0 Å². The van der Waals surface area contributed by atoms with Crippen molar-refractivity contribution in [3.63, 3.8) is 0 Å². The maximum absolute atomic E-state index is 12.5. The molecule has 0 saturated carbocycles. The Labute approximate surface area is 138 Å². The van der Waals surface area contributed by atoms with Crippen LogP contribution in [0.2, 0.25) is 0 Å². The molecule has 0 spiro atoms. The van der Waals surface area contributed by atoms with Crippen LogP contribution in [-0.4, -0.2) is 35.6 Å². The fourth-order valence-electron chi connectivity index (χ4n) is 2.67. The fourth-order valence-corrected chi connectivity index (χ4v) is 3.38. The SMILES string of the molecule is O=C(NCCc1cccs1)C1(O)CCN(c2ccccc2)C1=O. The Hall–Kier alpha value is -2.18. The minimum atomic E-state index is -1.97. The van der Waals surface area contributed by atoms with Crippen LogP contribution >= 0.6 is 11.3 Å². The van der Waals surface area contributed by atoms with Crippen LogP contribution in [0.5, 0.6) is 0 Å². The number of amides is 2. The molecule has 1 aliphatic heterocycles. The van der Waals surface area contributed by atoms with Crippen LogP contribution in [0.4, 0.5) is 5.69 Å². The van der Waals surface area contributed by atoms with E-state index in [1.807, 2.05) is 35.7 Å². The van der Waals surface area contributed by atoms with Gasteiger partial charge in [0.15, 0.2) is 0 Å². The van der Waals surface area contributed by atoms with Gasteiger partial charge in [-0.3, -0.25) is 9.59 Å². The lowest BCUT2D eigenvalue weighted by atomic mass is 10.0. The summed E-state index contributed by atoms with van der Waals surface area (Å²) in [5.41, 5.74) is -1.27. The largest absolute Gasteiger partial charge is 0.372 e. The zero-order valence-corrected chi connectivity index (χ0v) is 13.4. The van der Waals surface area contributed by atoms with Crippen molar-refractivity contribution in [3.8, 4) is 0 Å². The number of hydrogen-bond donors (Lipinski definition) is 2. The summed E-state index contributed by atoms with van der Waals surface area (Å²) in [6, 6.07) is 13.0. The highest BCUT2D eigenvalue weighted by Gasteiger charge is 2.51. The van der Waals surface area contributed by atoms with Gasteiger partial charge in [-0.2, -0.15) is 0 Å². The molecule has 0 radical (unpaired) electrons. The van der Waals surface area contributed by atoms with Crippen LogP contribution in [0.1, 0.15) is 11.3 Å². The number of anilines is 1. The van der Waals surface area contributed by atoms with Crippen molar-refractivity contribution in [2.45, 2.75) is 18.4 Å². The molecule has 1 aromatic carbocycles. The molecular weight excluding hydrogens is 312 g/mol. The summed E-state index contributed by atoms with van der Waals surface area (Å²) >= 11 is 1.62. The average Bonchev–Trinajstić information content (AvgIpc) is 3.18. The van der Waals surface area contributed by atoms with E-state index < -0.39 is 17.4 Å². The number of hydrogen-bond acceptors (Lipinski definition) is 4. The van der Waals surface area contributed by atoms with Crippen LogP contribution in [0.15, 0.2) is 47.8 Å². The molecule has 5 nitrogen and oxygen atoms in total. The predicted octanol–water partition coefficient (Wildman–Crippen LogP) is 1.57. The quantitative estimate of drug-likeness (QED) is 0.818. The van der Waals surface area contributed by atoms with Crippen molar-refractivity contribution in [2.75, 3.05) is 18.0 Å². The van der Waals surface area contributed by atoms with Crippen molar-refractivity contribution < 1.29 is 14.7 Å². The molecule has 0 aliphatic carbocycles. The van der Waals surface area contributed by atoms with E-state index in [1.54, 1.807) is 23.5 Å². The number of carbonyl (C=O) groups excluding carboxylic acids is 2. The second-order valence-electron chi connectivity index (χ2n) is 5.49. The zero-order valence-electron chi connectivity index (χ0n) is 12.6. The summed E-state index contributed by atoms with van der Waals surface area (Å²) in [5, 5.41) is 15.2. The summed E-state index contributed by atoms with van der Waals surface area (Å²) in [7, 11) is 0. The normalized spacial score (nSPS) is 20.7. The van der Waals surface area contributed by atoms with Crippen molar-refractivity contribution in [1.82, 2.24) is 5.32 Å². The summed E-state index contributed by atoms with van der Waals surface area (Å²) in [6.07, 6.45) is 0.793. The molecule has 2 heterocycles. The number of thiophene rings is 1. The highest BCUT2D eigenvalue weighted by Crippen LogP contribution is 2.28. The van der Waals surface area contributed by atoms with Crippen LogP contribution in [0.3, 0.4) is 0 Å². The third-order valence-electron chi connectivity index (χ3n) is 3.98. The standard InChI is InChI=1S/C17H18N2O3S/c20-15(18-10-8-14-7-4-12-23-14)17(22)9-11-19(16(17)21)13-5-2-1-3-6-13/h1-7,12,22H,8-11H2,(H,18,20). The minimum absolute atomic E-state index is 0.103. The van der Waals surface area contributed by atoms with Gasteiger partial charge in [-0.05, 0) is 30.0 Å². The van der Waals surface area contributed by atoms with Gasteiger partial charge in [-0.15, -0.1) is 11.3 Å². The Kier molecular flexibility index (Phi) is 4.45. The third kappa shape index (κ3) is 3.13. The van der Waals surface area contributed by atoms with Gasteiger partial charge in [0, 0.05) is 30.1 Å². The first kappa shape index (κ1) is 15.7. The molecule has 1 fully saturated rings. The lowest BCUT2D eigenvalue weighted by Gasteiger charge is -2.21. The first-order valence-corrected chi connectivity index (χ1v) is 8.39. The van der Waals surface area contributed by atoms with E-state index in [0.717, 1.165) is 4.88 Å². The summed E-state index contributed by atoms with van der Waals surface area (Å²) < 4.78 is 0. The Morgan fingerprint density at radius 1 is 1.26 bits per heavy atom. The van der Waals surface area contributed by atoms with Crippen LogP contribution in [-0.2, 0) is 16.0 Å². The maximum Gasteiger partial charge on any atom is 0.268 e. The Morgan fingerprint density at radius 2 is 2.04 bits per heavy atom. The second-order valence-corrected chi connectivity index (χ2v) is 6.52. The third-order valence-corrected chi connectivity index (χ3v) is 4.91. The number of nitrogens with one attached hydrogen (secondary N) is 1. The first-order chi connectivity index (χ1) is 11.1. The van der Waals surface area contributed by atoms with Gasteiger partial charge in [0.05, 0.1) is 0 Å². The van der Waals surface area contributed by atoms with E-state index in [9.17, 15) is 14.7 Å². The summed E-state index contributed by atoms with van der Waals surface area (Å²) in [5.74, 6) is -1.17. The highest BCUT2D eigenvalue weighted by atomic mass is 32.1. The molecule has 3 rings (SSSR count). The van der Waals surface area contributed by atoms with Crippen LogP contribution < -0.4 is 10.2 Å². The lowest BCUT2D eigenvalue weighted by Crippen LogP contribution is -2.52. The molecule has 6 heteroatoms. The van der Waals surface area contributed by atoms with Gasteiger partial charge in [0.2, 0.25) is 5.60 Å². The molecule has 2 aromatic rings. The lowest BCUT2D eigenvalue weighted by molar-refractivity contribution is -0.149. The van der Waals surface area contributed by atoms with Crippen molar-refractivity contribution in [3.05, 3.63) is 52.7 Å². The number of benzene rings is 1. The molecule has 1 atom stereocenters. The van der Waals surface area contributed by atoms with Crippen molar-refractivity contribution >= 4 is 28.8 Å². The number of nitrogens with zero attached hydrogens (tertiary/aromatic N) is 1. The molecule has 120 valence electrons. The highest BCUT2D eigenvalue weighted by molar-refractivity contribution is 7.09. The summed E-state index contributed by atoms with van der Waals surface area (Å²) in [6.45, 7) is 0.734. The molecule has 23 heavy (non-hydrogen) atoms. The van der Waals surface area contributed by atoms with E-state index in [-0.39, 0.29) is 6.42 Å². The fraction of sp³-hybridized carbons (Fsp3) is 0.294. The molecule has 1 aliphatic rings. The van der Waals surface area contributed by atoms with E-state index in [1.165, 1.54) is 4.90 Å². The Balaban J connectivity index is 1.62. The minimum Gasteiger partial charge on any atom is -0.372 e. The van der Waals surface area contributed by atoms with E-state index in [0.29, 0.717) is 25.2 Å². The Morgan fingerprint density at radius 3 is 2.74 bits per heavy atom. The molecule has 1 unspecified atom stereocenters. The number of aliphatic hydroxyl groups is 1. The Bertz CT molecular complexity index is 687. The first-order valence-electron chi connectivity index (χ1n) is 7.51. The van der Waals surface area contributed by atoms with Gasteiger partial charge in [0.1, 0.15) is 0 Å². The number of rotatable bonds is 5. The molecule has 0 bridgehead atoms. The average molecular weight is 330 g/mol.